The lowest BCUT2D eigenvalue weighted by molar-refractivity contribution is -0.353. The zero-order valence-corrected chi connectivity index (χ0v) is 39.2. The van der Waals surface area contributed by atoms with Crippen molar-refractivity contribution >= 4 is 64.6 Å². The maximum absolute atomic E-state index is 13.7. The molecule has 0 bridgehead atoms. The molecule has 0 aromatic heterocycles. The molecule has 0 saturated carbocycles. The Balaban J connectivity index is -0.000000306. The quantitative estimate of drug-likeness (QED) is 0.0480. The molecule has 406 valence electrons. The van der Waals surface area contributed by atoms with Gasteiger partial charge in [0.2, 0.25) is 19.1 Å². The summed E-state index contributed by atoms with van der Waals surface area (Å²) in [4.78, 5) is 3.91. The molecule has 0 aromatic carbocycles. The van der Waals surface area contributed by atoms with Crippen molar-refractivity contribution in [2.45, 2.75) is 124 Å². The monoisotopic (exact) mass is 1140 g/mol. The molecule has 0 fully saturated rings. The van der Waals surface area contributed by atoms with Crippen LogP contribution in [0.5, 0.6) is 0 Å². The Labute approximate surface area is 390 Å². The molecule has 66 heavy (non-hydrogen) atoms. The first kappa shape index (κ1) is 74.4. The fraction of sp³-hybridized carbons (Fsp3) is 1.00. The summed E-state index contributed by atoms with van der Waals surface area (Å²) >= 11 is 14.4. The Morgan fingerprint density at radius 3 is 1.03 bits per heavy atom. The molecule has 0 aliphatic rings. The fourth-order valence-corrected chi connectivity index (χ4v) is 6.74. The number of rotatable bonds is 22. The fourth-order valence-electron chi connectivity index (χ4n) is 4.68. The highest BCUT2D eigenvalue weighted by molar-refractivity contribution is 8.13. The zero-order chi connectivity index (χ0) is 52.9. The predicted octanol–water partition coefficient (Wildman–Crippen LogP) is 12.1. The standard InChI is InChI=1S/C15H24F10N2O2S.C10H11ClF10O2S.C5H14N2.CHCl3.CH4/c1-27(2)8-5-7-26-30(28,29)9-4-3-6-11(13(17,18)19)10-12(16,14(20,21)22)15(23,24)25;11-24(22,23)4-2-1-3-6(8(13,14)15)5-7(12,9(16,17)18)10(19,20)21;1-7(2)5-3-4-6;2-1(3)4;/h11,26H,3-10H2,1-2H3;6H,1-5H2;3-6H2,1-2H3;1H;1H4. The lowest BCUT2D eigenvalue weighted by Crippen LogP contribution is -2.55. The Morgan fingerprint density at radius 1 is 0.515 bits per heavy atom. The number of hydrogen-bond acceptors (Lipinski definition) is 7. The number of alkyl halides is 23. The SMILES string of the molecule is C.CN(C)CCCN.CN(C)CCCNS(=O)(=O)CCCCC(CC(F)(C(F)(F)F)C(F)(F)F)C(F)(F)F.ClC(Cl)Cl.O=S(=O)(Cl)CCCCC(CC(F)(C(F)(F)F)C(F)(F)F)C(F)(F)F. The van der Waals surface area contributed by atoms with Crippen molar-refractivity contribution in [2.24, 2.45) is 17.6 Å². The van der Waals surface area contributed by atoms with Crippen LogP contribution in [0.3, 0.4) is 0 Å². The van der Waals surface area contributed by atoms with E-state index >= 15 is 0 Å². The van der Waals surface area contributed by atoms with E-state index in [0.717, 1.165) is 19.5 Å². The molecule has 3 N–H and O–H groups in total. The van der Waals surface area contributed by atoms with Gasteiger partial charge in [-0.1, -0.05) is 55.1 Å². The van der Waals surface area contributed by atoms with Gasteiger partial charge in [0.1, 0.15) is 0 Å². The number of nitrogens with one attached hydrogen (secondary N) is 1. The van der Waals surface area contributed by atoms with E-state index in [2.05, 4.69) is 23.7 Å². The van der Waals surface area contributed by atoms with E-state index in [1.165, 1.54) is 0 Å². The van der Waals surface area contributed by atoms with Gasteiger partial charge in [0, 0.05) is 30.1 Å². The van der Waals surface area contributed by atoms with Crippen LogP contribution in [0.2, 0.25) is 0 Å². The molecule has 0 aliphatic carbocycles. The van der Waals surface area contributed by atoms with Crippen molar-refractivity contribution in [3.8, 4) is 0 Å². The molecule has 0 rings (SSSR count). The summed E-state index contributed by atoms with van der Waals surface area (Å²) in [5, 5.41) is 0. The van der Waals surface area contributed by atoms with Gasteiger partial charge in [0.05, 0.1) is 23.3 Å². The Morgan fingerprint density at radius 2 is 0.803 bits per heavy atom. The third kappa shape index (κ3) is 33.9. The second kappa shape index (κ2) is 31.1. The lowest BCUT2D eigenvalue weighted by Gasteiger charge is -2.33. The maximum atomic E-state index is 13.7. The number of halogens is 24. The van der Waals surface area contributed by atoms with E-state index in [4.69, 9.17) is 51.2 Å². The number of sulfonamides is 1. The average Bonchev–Trinajstić information content (AvgIpc) is 3.05. The third-order valence-electron chi connectivity index (χ3n) is 8.10. The molecule has 8 nitrogen and oxygen atoms in total. The predicted molar refractivity (Wildman–Crippen MR) is 213 cm³/mol. The minimum atomic E-state index is -6.59. The van der Waals surface area contributed by atoms with Crippen LogP contribution in [-0.2, 0) is 19.1 Å². The van der Waals surface area contributed by atoms with Crippen molar-refractivity contribution < 1.29 is 105 Å². The molecular weight excluding hydrogens is 1090 g/mol. The topological polar surface area (TPSA) is 113 Å². The van der Waals surface area contributed by atoms with Gasteiger partial charge in [-0.2, -0.15) is 79.0 Å². The first-order valence-corrected chi connectivity index (χ1v) is 23.6. The van der Waals surface area contributed by atoms with Gasteiger partial charge in [-0.25, -0.2) is 30.3 Å². The smallest absolute Gasteiger partial charge is 0.330 e. The van der Waals surface area contributed by atoms with E-state index < -0.39 is 146 Å². The van der Waals surface area contributed by atoms with Crippen molar-refractivity contribution in [1.29, 1.82) is 0 Å². The van der Waals surface area contributed by atoms with Crippen LogP contribution < -0.4 is 10.5 Å². The van der Waals surface area contributed by atoms with Crippen molar-refractivity contribution in [2.75, 3.05) is 65.9 Å². The normalized spacial score (nSPS) is 14.7. The third-order valence-corrected chi connectivity index (χ3v) is 10.8. The summed E-state index contributed by atoms with van der Waals surface area (Å²) in [6.07, 6.45) is -46.6. The van der Waals surface area contributed by atoms with Crippen LogP contribution in [0.15, 0.2) is 0 Å². The van der Waals surface area contributed by atoms with Crippen LogP contribution in [-0.4, -0.2) is 145 Å². The number of nitrogens with zero attached hydrogens (tertiary/aromatic N) is 2. The van der Waals surface area contributed by atoms with E-state index in [1.54, 1.807) is 19.0 Å². The van der Waals surface area contributed by atoms with Crippen molar-refractivity contribution in [3.63, 3.8) is 0 Å². The van der Waals surface area contributed by atoms with E-state index in [-0.39, 0.29) is 14.0 Å². The second-order valence-corrected chi connectivity index (χ2v) is 21.1. The van der Waals surface area contributed by atoms with Gasteiger partial charge >= 0.3 is 37.1 Å². The highest BCUT2D eigenvalue weighted by Gasteiger charge is 2.75. The van der Waals surface area contributed by atoms with Crippen LogP contribution >= 0.6 is 45.5 Å². The van der Waals surface area contributed by atoms with Crippen molar-refractivity contribution in [3.05, 3.63) is 0 Å². The van der Waals surface area contributed by atoms with Crippen LogP contribution in [0, 0.1) is 11.8 Å². The van der Waals surface area contributed by atoms with Crippen LogP contribution in [0.25, 0.3) is 0 Å². The average molecular weight is 1140 g/mol. The summed E-state index contributed by atoms with van der Waals surface area (Å²) in [6.45, 7) is 2.51. The zero-order valence-electron chi connectivity index (χ0n) is 34.5. The molecular formula is C32H54Cl4F20N4O4S2. The molecule has 2 atom stereocenters. The van der Waals surface area contributed by atoms with Crippen LogP contribution in [0.4, 0.5) is 87.8 Å². The minimum absolute atomic E-state index is 0. The Bertz CT molecular complexity index is 1470. The summed E-state index contributed by atoms with van der Waals surface area (Å²) in [5.74, 6) is -8.00. The Hall–Kier alpha value is -0.500. The van der Waals surface area contributed by atoms with E-state index in [1.807, 2.05) is 0 Å². The largest absolute Gasteiger partial charge is 0.431 e. The maximum Gasteiger partial charge on any atom is 0.431 e. The summed E-state index contributed by atoms with van der Waals surface area (Å²) in [6, 6.07) is 0. The van der Waals surface area contributed by atoms with Gasteiger partial charge < -0.3 is 15.5 Å². The van der Waals surface area contributed by atoms with E-state index in [9.17, 15) is 105 Å². The molecule has 0 aliphatic heterocycles. The number of hydrogen-bond donors (Lipinski definition) is 2. The molecule has 0 amide bonds. The molecule has 2 unspecified atom stereocenters. The molecule has 0 heterocycles. The Kier molecular flexibility index (Phi) is 35.0. The second-order valence-electron chi connectivity index (χ2n) is 14.3. The van der Waals surface area contributed by atoms with Crippen LogP contribution in [0.1, 0.15) is 71.6 Å². The first-order valence-electron chi connectivity index (χ1n) is 18.1. The number of unbranched alkanes of at least 4 members (excludes halogenated alkanes) is 2. The first-order chi connectivity index (χ1) is 28.5. The van der Waals surface area contributed by atoms with Gasteiger partial charge in [-0.05, 0) is 86.3 Å². The molecule has 34 heteroatoms. The van der Waals surface area contributed by atoms with E-state index in [0.29, 0.717) is 13.0 Å². The van der Waals surface area contributed by atoms with Gasteiger partial charge in [-0.15, -0.1) is 0 Å². The molecule has 0 aromatic rings. The minimum Gasteiger partial charge on any atom is -0.330 e. The van der Waals surface area contributed by atoms with Gasteiger partial charge in [0.15, 0.2) is 4.30 Å². The summed E-state index contributed by atoms with van der Waals surface area (Å²) in [5.41, 5.74) is -6.81. The number of nitrogens with two attached hydrogens (primary N) is 1. The molecule has 0 saturated heterocycles. The highest BCUT2D eigenvalue weighted by atomic mass is 35.7. The summed E-state index contributed by atoms with van der Waals surface area (Å²) < 4.78 is 299. The molecule has 0 radical (unpaired) electrons. The van der Waals surface area contributed by atoms with Gasteiger partial charge in [-0.3, -0.25) is 0 Å². The highest BCUT2D eigenvalue weighted by Crippen LogP contribution is 2.54. The van der Waals surface area contributed by atoms with Crippen molar-refractivity contribution in [1.82, 2.24) is 14.5 Å². The molecule has 0 spiro atoms. The summed E-state index contributed by atoms with van der Waals surface area (Å²) in [7, 11) is 4.39. The lowest BCUT2D eigenvalue weighted by atomic mass is 9.87. The van der Waals surface area contributed by atoms with Gasteiger partial charge in [0.25, 0.3) is 11.3 Å².